The fourth-order valence-corrected chi connectivity index (χ4v) is 2.89. The molecule has 0 N–H and O–H groups in total. The first-order chi connectivity index (χ1) is 8.84. The first kappa shape index (κ1) is 10.4. The molecule has 1 nitrogen and oxygen atoms in total. The van der Waals surface area contributed by atoms with Gasteiger partial charge in [-0.15, -0.1) is 0 Å². The Morgan fingerprint density at radius 1 is 0.889 bits per heavy atom. The van der Waals surface area contributed by atoms with Gasteiger partial charge in [0.2, 0.25) is 0 Å². The highest BCUT2D eigenvalue weighted by Gasteiger charge is 2.26. The molecule has 0 saturated carbocycles. The lowest BCUT2D eigenvalue weighted by molar-refractivity contribution is 0.417. The Morgan fingerprint density at radius 3 is 2.33 bits per heavy atom. The second kappa shape index (κ2) is 3.71. The molecule has 4 rings (SSSR count). The van der Waals surface area contributed by atoms with Gasteiger partial charge in [0.1, 0.15) is 6.10 Å². The summed E-state index contributed by atoms with van der Waals surface area (Å²) in [5.74, 6) is 0. The third kappa shape index (κ3) is 1.45. The first-order valence-corrected chi connectivity index (χ1v) is 6.44. The van der Waals surface area contributed by atoms with Crippen molar-refractivity contribution in [3.8, 4) is 0 Å². The van der Waals surface area contributed by atoms with E-state index in [0.717, 1.165) is 17.0 Å². The summed E-state index contributed by atoms with van der Waals surface area (Å²) in [6, 6.07) is 16.7. The van der Waals surface area contributed by atoms with Gasteiger partial charge in [0.25, 0.3) is 0 Å². The van der Waals surface area contributed by atoms with E-state index in [-0.39, 0.29) is 6.10 Å². The van der Waals surface area contributed by atoms with Crippen molar-refractivity contribution in [1.82, 2.24) is 0 Å². The van der Waals surface area contributed by atoms with Crippen LogP contribution >= 0.6 is 11.6 Å². The largest absolute Gasteiger partial charge is 0.368 e. The van der Waals surface area contributed by atoms with E-state index < -0.39 is 0 Å². The number of epoxide rings is 1. The number of ether oxygens (including phenoxy) is 1. The van der Waals surface area contributed by atoms with Crippen LogP contribution < -0.4 is 0 Å². The summed E-state index contributed by atoms with van der Waals surface area (Å²) in [7, 11) is 0. The molecule has 0 aromatic heterocycles. The quantitative estimate of drug-likeness (QED) is 0.452. The Balaban J connectivity index is 2.20. The summed E-state index contributed by atoms with van der Waals surface area (Å²) in [5.41, 5.74) is 1.25. The normalized spacial score (nSPS) is 18.4. The molecule has 1 saturated heterocycles. The number of hydrogen-bond donors (Lipinski definition) is 0. The fourth-order valence-electron chi connectivity index (χ4n) is 2.62. The lowest BCUT2D eigenvalue weighted by atomic mass is 9.97. The summed E-state index contributed by atoms with van der Waals surface area (Å²) in [6.07, 6.45) is 0.255. The highest BCUT2D eigenvalue weighted by molar-refractivity contribution is 6.37. The van der Waals surface area contributed by atoms with Crippen molar-refractivity contribution < 1.29 is 4.74 Å². The Bertz CT molecular complexity index is 759. The van der Waals surface area contributed by atoms with Gasteiger partial charge in [-0.3, -0.25) is 0 Å². The molecule has 1 heterocycles. The van der Waals surface area contributed by atoms with Gasteiger partial charge in [-0.1, -0.05) is 54.1 Å². The molecule has 0 radical (unpaired) electrons. The summed E-state index contributed by atoms with van der Waals surface area (Å²) in [5, 5.41) is 5.60. The third-order valence-corrected chi connectivity index (χ3v) is 3.88. The Labute approximate surface area is 110 Å². The van der Waals surface area contributed by atoms with E-state index in [1.54, 1.807) is 0 Å². The molecule has 3 aromatic rings. The Hall–Kier alpha value is -1.57. The van der Waals surface area contributed by atoms with E-state index in [4.69, 9.17) is 16.3 Å². The number of benzene rings is 3. The standard InChI is InChI=1S/C16H11ClO/c17-15-8-14-11(10-4-1-2-5-12(10)15)6-3-7-13(14)16-9-18-16/h1-8,16H,9H2. The molecule has 1 aliphatic heterocycles. The van der Waals surface area contributed by atoms with Crippen molar-refractivity contribution in [3.63, 3.8) is 0 Å². The maximum Gasteiger partial charge on any atom is 0.107 e. The van der Waals surface area contributed by atoms with Gasteiger partial charge < -0.3 is 4.74 Å². The van der Waals surface area contributed by atoms with Gasteiger partial charge in [-0.05, 0) is 27.8 Å². The second-order valence-electron chi connectivity index (χ2n) is 4.67. The van der Waals surface area contributed by atoms with Crippen LogP contribution in [0, 0.1) is 0 Å². The minimum absolute atomic E-state index is 0.255. The molecule has 3 aromatic carbocycles. The topological polar surface area (TPSA) is 12.5 Å². The van der Waals surface area contributed by atoms with Crippen molar-refractivity contribution in [2.45, 2.75) is 6.10 Å². The number of rotatable bonds is 1. The van der Waals surface area contributed by atoms with Crippen LogP contribution in [0.5, 0.6) is 0 Å². The van der Waals surface area contributed by atoms with Gasteiger partial charge in [0.15, 0.2) is 0 Å². The molecule has 88 valence electrons. The van der Waals surface area contributed by atoms with Gasteiger partial charge >= 0.3 is 0 Å². The lowest BCUT2D eigenvalue weighted by Gasteiger charge is -2.09. The molecular weight excluding hydrogens is 244 g/mol. The molecule has 0 aliphatic carbocycles. The minimum atomic E-state index is 0.255. The molecule has 1 aliphatic rings. The van der Waals surface area contributed by atoms with Crippen LogP contribution in [0.3, 0.4) is 0 Å². The fraction of sp³-hybridized carbons (Fsp3) is 0.125. The molecule has 1 fully saturated rings. The average Bonchev–Trinajstić information content (AvgIpc) is 3.23. The summed E-state index contributed by atoms with van der Waals surface area (Å²) in [4.78, 5) is 0. The molecule has 2 heteroatoms. The zero-order valence-electron chi connectivity index (χ0n) is 9.69. The lowest BCUT2D eigenvalue weighted by Crippen LogP contribution is -1.86. The van der Waals surface area contributed by atoms with E-state index in [0.29, 0.717) is 0 Å². The summed E-state index contributed by atoms with van der Waals surface area (Å²) < 4.78 is 5.41. The SMILES string of the molecule is Clc1cc2c(C3CO3)cccc2c2ccccc12. The average molecular weight is 255 g/mol. The maximum absolute atomic E-state index is 6.39. The molecule has 0 spiro atoms. The number of hydrogen-bond acceptors (Lipinski definition) is 1. The van der Waals surface area contributed by atoms with E-state index in [2.05, 4.69) is 42.5 Å². The van der Waals surface area contributed by atoms with Crippen molar-refractivity contribution in [1.29, 1.82) is 0 Å². The monoisotopic (exact) mass is 254 g/mol. The second-order valence-corrected chi connectivity index (χ2v) is 5.08. The van der Waals surface area contributed by atoms with Gasteiger partial charge in [0, 0.05) is 10.4 Å². The molecule has 1 unspecified atom stereocenters. The van der Waals surface area contributed by atoms with Gasteiger partial charge in [0.05, 0.1) is 6.61 Å². The van der Waals surface area contributed by atoms with Crippen molar-refractivity contribution in [3.05, 3.63) is 59.1 Å². The van der Waals surface area contributed by atoms with Gasteiger partial charge in [-0.25, -0.2) is 0 Å². The van der Waals surface area contributed by atoms with Crippen LogP contribution in [-0.4, -0.2) is 6.61 Å². The molecule has 0 bridgehead atoms. The smallest absolute Gasteiger partial charge is 0.107 e. The van der Waals surface area contributed by atoms with Crippen molar-refractivity contribution >= 4 is 33.1 Å². The Morgan fingerprint density at radius 2 is 1.56 bits per heavy atom. The zero-order chi connectivity index (χ0) is 12.1. The van der Waals surface area contributed by atoms with Crippen LogP contribution in [0.2, 0.25) is 5.02 Å². The van der Waals surface area contributed by atoms with E-state index in [9.17, 15) is 0 Å². The van der Waals surface area contributed by atoms with Crippen LogP contribution in [-0.2, 0) is 4.74 Å². The number of fused-ring (bicyclic) bond motifs is 3. The summed E-state index contributed by atoms with van der Waals surface area (Å²) >= 11 is 6.39. The molecule has 1 atom stereocenters. The third-order valence-electron chi connectivity index (χ3n) is 3.57. The van der Waals surface area contributed by atoms with Crippen LogP contribution in [0.4, 0.5) is 0 Å². The van der Waals surface area contributed by atoms with E-state index in [1.165, 1.54) is 21.7 Å². The van der Waals surface area contributed by atoms with Gasteiger partial charge in [-0.2, -0.15) is 0 Å². The molecular formula is C16H11ClO. The van der Waals surface area contributed by atoms with Crippen LogP contribution in [0.25, 0.3) is 21.5 Å². The highest BCUT2D eigenvalue weighted by Crippen LogP contribution is 2.39. The predicted octanol–water partition coefficient (Wildman–Crippen LogP) is 4.72. The summed E-state index contributed by atoms with van der Waals surface area (Å²) in [6.45, 7) is 0.823. The van der Waals surface area contributed by atoms with Crippen LogP contribution in [0.15, 0.2) is 48.5 Å². The number of halogens is 1. The Kier molecular flexibility index (Phi) is 2.14. The van der Waals surface area contributed by atoms with Crippen molar-refractivity contribution in [2.24, 2.45) is 0 Å². The molecule has 0 amide bonds. The minimum Gasteiger partial charge on any atom is -0.368 e. The van der Waals surface area contributed by atoms with E-state index >= 15 is 0 Å². The van der Waals surface area contributed by atoms with E-state index in [1.807, 2.05) is 6.07 Å². The van der Waals surface area contributed by atoms with Crippen LogP contribution in [0.1, 0.15) is 11.7 Å². The first-order valence-electron chi connectivity index (χ1n) is 6.06. The predicted molar refractivity (Wildman–Crippen MR) is 75.2 cm³/mol. The molecule has 18 heavy (non-hydrogen) atoms. The highest BCUT2D eigenvalue weighted by atomic mass is 35.5. The maximum atomic E-state index is 6.39. The zero-order valence-corrected chi connectivity index (χ0v) is 10.4. The van der Waals surface area contributed by atoms with Crippen molar-refractivity contribution in [2.75, 3.05) is 6.61 Å².